The zero-order valence-electron chi connectivity index (χ0n) is 20.0. The van der Waals surface area contributed by atoms with E-state index in [4.69, 9.17) is 5.73 Å². The van der Waals surface area contributed by atoms with E-state index in [9.17, 15) is 18.0 Å². The van der Waals surface area contributed by atoms with E-state index in [1.807, 2.05) is 13.0 Å². The second kappa shape index (κ2) is 11.2. The minimum Gasteiger partial charge on any atom is -0.339 e. The average molecular weight is 507 g/mol. The third-order valence-electron chi connectivity index (χ3n) is 5.67. The molecular weight excluding hydrogens is 481 g/mol. The number of halogens is 3. The van der Waals surface area contributed by atoms with Gasteiger partial charge in [-0.1, -0.05) is 6.07 Å². The van der Waals surface area contributed by atoms with Gasteiger partial charge < -0.3 is 16.4 Å². The number of hydrogen-bond acceptors (Lipinski definition) is 6. The number of hydrogen-bond donors (Lipinski definition) is 3. The van der Waals surface area contributed by atoms with Gasteiger partial charge in [-0.05, 0) is 86.0 Å². The number of pyridine rings is 1. The maximum atomic E-state index is 13.4. The first-order valence-electron chi connectivity index (χ1n) is 11.6. The van der Waals surface area contributed by atoms with Crippen molar-refractivity contribution < 1.29 is 18.0 Å². The monoisotopic (exact) mass is 506 g/mol. The molecule has 0 fully saturated rings. The molecule has 190 valence electrons. The van der Waals surface area contributed by atoms with E-state index in [1.165, 1.54) is 12.4 Å². The summed E-state index contributed by atoms with van der Waals surface area (Å²) >= 11 is 0. The van der Waals surface area contributed by atoms with E-state index in [1.54, 1.807) is 42.7 Å². The molecule has 4 rings (SSSR count). The summed E-state index contributed by atoms with van der Waals surface area (Å²) in [7, 11) is 0. The molecule has 1 amide bonds. The van der Waals surface area contributed by atoms with Crippen molar-refractivity contribution >= 4 is 23.1 Å². The van der Waals surface area contributed by atoms with Crippen molar-refractivity contribution in [1.29, 1.82) is 0 Å². The molecular formula is C27H25F3N6O. The van der Waals surface area contributed by atoms with Gasteiger partial charge in [-0.25, -0.2) is 15.0 Å². The molecule has 2 aromatic carbocycles. The largest absolute Gasteiger partial charge is 0.416 e. The number of aryl methyl sites for hydroxylation is 2. The Kier molecular flexibility index (Phi) is 7.78. The van der Waals surface area contributed by atoms with Crippen LogP contribution in [0.3, 0.4) is 0 Å². The summed E-state index contributed by atoms with van der Waals surface area (Å²) in [5.41, 5.74) is 8.36. The van der Waals surface area contributed by atoms with Crippen LogP contribution in [0, 0.1) is 6.92 Å². The zero-order valence-corrected chi connectivity index (χ0v) is 20.0. The highest BCUT2D eigenvalue weighted by Crippen LogP contribution is 2.33. The standard InChI is InChI=1S/C27H25F3N6O/c1-17-6-7-19(14-24(17)36-25-22(5-3-10-33-25)23-8-11-32-16-34-23)26(37)35-21-13-18(4-2-9-31)12-20(15-21)27(28,29)30/h3,5-8,10-16H,2,4,9,31H2,1H3,(H,33,36)(H,35,37). The predicted octanol–water partition coefficient (Wildman–Crippen LogP) is 5.75. The number of carbonyl (C=O) groups is 1. The van der Waals surface area contributed by atoms with Crippen molar-refractivity contribution in [3.8, 4) is 11.3 Å². The van der Waals surface area contributed by atoms with Gasteiger partial charge in [0.1, 0.15) is 12.1 Å². The fourth-order valence-electron chi connectivity index (χ4n) is 3.77. The molecule has 4 aromatic rings. The number of nitrogens with one attached hydrogen (secondary N) is 2. The first-order chi connectivity index (χ1) is 17.7. The topological polar surface area (TPSA) is 106 Å². The lowest BCUT2D eigenvalue weighted by atomic mass is 10.0. The highest BCUT2D eigenvalue weighted by atomic mass is 19.4. The van der Waals surface area contributed by atoms with Crippen LogP contribution in [-0.4, -0.2) is 27.4 Å². The minimum absolute atomic E-state index is 0.0673. The van der Waals surface area contributed by atoms with Crippen molar-refractivity contribution in [2.45, 2.75) is 25.9 Å². The van der Waals surface area contributed by atoms with Crippen LogP contribution in [0.5, 0.6) is 0 Å². The zero-order chi connectivity index (χ0) is 26.4. The Bertz CT molecular complexity index is 1390. The summed E-state index contributed by atoms with van der Waals surface area (Å²) < 4.78 is 40.3. The summed E-state index contributed by atoms with van der Waals surface area (Å²) in [4.78, 5) is 25.7. The lowest BCUT2D eigenvalue weighted by Crippen LogP contribution is -2.14. The second-order valence-electron chi connectivity index (χ2n) is 8.41. The average Bonchev–Trinajstić information content (AvgIpc) is 2.89. The van der Waals surface area contributed by atoms with Crippen LogP contribution in [0.25, 0.3) is 11.3 Å². The Labute approximate surface area is 212 Å². The molecule has 0 aliphatic rings. The third kappa shape index (κ3) is 6.47. The number of anilines is 3. The van der Waals surface area contributed by atoms with E-state index < -0.39 is 17.6 Å². The Hall–Kier alpha value is -4.31. The fourth-order valence-corrected chi connectivity index (χ4v) is 3.77. The molecule has 0 unspecified atom stereocenters. The van der Waals surface area contributed by atoms with Crippen LogP contribution in [-0.2, 0) is 12.6 Å². The molecule has 0 saturated heterocycles. The molecule has 0 saturated carbocycles. The van der Waals surface area contributed by atoms with E-state index in [2.05, 4.69) is 25.6 Å². The first-order valence-corrected chi connectivity index (χ1v) is 11.6. The smallest absolute Gasteiger partial charge is 0.339 e. The van der Waals surface area contributed by atoms with Crippen molar-refractivity contribution in [2.24, 2.45) is 5.73 Å². The molecule has 2 aromatic heterocycles. The van der Waals surface area contributed by atoms with Crippen LogP contribution in [0.4, 0.5) is 30.4 Å². The van der Waals surface area contributed by atoms with Gasteiger partial charge in [0.25, 0.3) is 5.91 Å². The number of benzene rings is 2. The number of nitrogens with zero attached hydrogens (tertiary/aromatic N) is 3. The summed E-state index contributed by atoms with van der Waals surface area (Å²) in [6.07, 6.45) is 1.08. The highest BCUT2D eigenvalue weighted by Gasteiger charge is 2.31. The second-order valence-corrected chi connectivity index (χ2v) is 8.41. The van der Waals surface area contributed by atoms with Gasteiger partial charge in [-0.3, -0.25) is 4.79 Å². The number of alkyl halides is 3. The number of rotatable bonds is 8. The van der Waals surface area contributed by atoms with Crippen LogP contribution in [0.1, 0.15) is 33.5 Å². The molecule has 0 atom stereocenters. The Morgan fingerprint density at radius 2 is 1.86 bits per heavy atom. The molecule has 10 heteroatoms. The fraction of sp³-hybridized carbons (Fsp3) is 0.185. The molecule has 0 aliphatic carbocycles. The maximum absolute atomic E-state index is 13.4. The molecule has 0 radical (unpaired) electrons. The normalized spacial score (nSPS) is 11.3. The van der Waals surface area contributed by atoms with E-state index in [0.29, 0.717) is 42.1 Å². The number of amides is 1. The van der Waals surface area contributed by atoms with Gasteiger partial charge in [0.05, 0.1) is 11.3 Å². The van der Waals surface area contributed by atoms with Crippen LogP contribution < -0.4 is 16.4 Å². The summed E-state index contributed by atoms with van der Waals surface area (Å²) in [6.45, 7) is 2.22. The van der Waals surface area contributed by atoms with Crippen LogP contribution >= 0.6 is 0 Å². The summed E-state index contributed by atoms with van der Waals surface area (Å²) in [6, 6.07) is 14.0. The summed E-state index contributed by atoms with van der Waals surface area (Å²) in [5.74, 6) is -0.00604. The first kappa shape index (κ1) is 25.8. The summed E-state index contributed by atoms with van der Waals surface area (Å²) in [5, 5.41) is 5.85. The lowest BCUT2D eigenvalue weighted by Gasteiger charge is -2.15. The molecule has 0 spiro atoms. The van der Waals surface area contributed by atoms with Gasteiger partial charge in [0.2, 0.25) is 0 Å². The molecule has 37 heavy (non-hydrogen) atoms. The van der Waals surface area contributed by atoms with Crippen molar-refractivity contribution in [3.63, 3.8) is 0 Å². The molecule has 7 nitrogen and oxygen atoms in total. The lowest BCUT2D eigenvalue weighted by molar-refractivity contribution is -0.137. The number of carbonyl (C=O) groups excluding carboxylic acids is 1. The van der Waals surface area contributed by atoms with E-state index >= 15 is 0 Å². The van der Waals surface area contributed by atoms with Gasteiger partial charge in [-0.15, -0.1) is 0 Å². The third-order valence-corrected chi connectivity index (χ3v) is 5.67. The predicted molar refractivity (Wildman–Crippen MR) is 136 cm³/mol. The van der Waals surface area contributed by atoms with Gasteiger partial charge in [-0.2, -0.15) is 13.2 Å². The van der Waals surface area contributed by atoms with Crippen molar-refractivity contribution in [2.75, 3.05) is 17.2 Å². The van der Waals surface area contributed by atoms with E-state index in [-0.39, 0.29) is 11.3 Å². The maximum Gasteiger partial charge on any atom is 0.416 e. The molecule has 2 heterocycles. The van der Waals surface area contributed by atoms with Crippen molar-refractivity contribution in [3.05, 3.63) is 95.6 Å². The molecule has 0 bridgehead atoms. The molecule has 0 aliphatic heterocycles. The SMILES string of the molecule is Cc1ccc(C(=O)Nc2cc(CCCN)cc(C(F)(F)F)c2)cc1Nc1ncccc1-c1ccncn1. The quantitative estimate of drug-likeness (QED) is 0.281. The van der Waals surface area contributed by atoms with Gasteiger partial charge in [0, 0.05) is 34.9 Å². The van der Waals surface area contributed by atoms with Gasteiger partial charge in [0.15, 0.2) is 0 Å². The number of nitrogens with two attached hydrogens (primary N) is 1. The molecule has 4 N–H and O–H groups in total. The minimum atomic E-state index is -4.54. The number of aromatic nitrogens is 3. The van der Waals surface area contributed by atoms with Gasteiger partial charge >= 0.3 is 6.18 Å². The van der Waals surface area contributed by atoms with Crippen LogP contribution in [0.2, 0.25) is 0 Å². The Balaban J connectivity index is 1.60. The van der Waals surface area contributed by atoms with Crippen molar-refractivity contribution in [1.82, 2.24) is 15.0 Å². The highest BCUT2D eigenvalue weighted by molar-refractivity contribution is 6.05. The Morgan fingerprint density at radius 1 is 1.03 bits per heavy atom. The Morgan fingerprint density at radius 3 is 2.59 bits per heavy atom. The van der Waals surface area contributed by atoms with Crippen LogP contribution in [0.15, 0.2) is 73.3 Å². The van der Waals surface area contributed by atoms with E-state index in [0.717, 1.165) is 23.3 Å².